The molecule has 1 aliphatic carbocycles. The molecule has 1 N–H and O–H groups in total. The molecule has 0 amide bonds. The molecule has 2 rings (SSSR count). The van der Waals surface area contributed by atoms with Crippen molar-refractivity contribution in [1.29, 1.82) is 0 Å². The highest BCUT2D eigenvalue weighted by Crippen LogP contribution is 2.34. The number of benzene rings is 1. The number of ether oxygens (including phenoxy) is 2. The van der Waals surface area contributed by atoms with Crippen molar-refractivity contribution in [2.45, 2.75) is 44.8 Å². The molecule has 0 aromatic heterocycles. The number of rotatable bonds is 7. The number of hydrogen-bond acceptors (Lipinski definition) is 3. The molecular weight excluding hydrogens is 320 g/mol. The van der Waals surface area contributed by atoms with Crippen molar-refractivity contribution >= 4 is 15.9 Å². The summed E-state index contributed by atoms with van der Waals surface area (Å²) in [4.78, 5) is 0. The van der Waals surface area contributed by atoms with Crippen LogP contribution in [-0.2, 0) is 11.2 Å². The third-order valence-electron chi connectivity index (χ3n) is 3.90. The summed E-state index contributed by atoms with van der Waals surface area (Å²) in [5.41, 5.74) is 1.05. The Morgan fingerprint density at radius 3 is 2.80 bits per heavy atom. The van der Waals surface area contributed by atoms with Gasteiger partial charge in [-0.25, -0.2) is 0 Å². The summed E-state index contributed by atoms with van der Waals surface area (Å²) < 4.78 is 11.9. The van der Waals surface area contributed by atoms with Gasteiger partial charge in [0.2, 0.25) is 0 Å². The Morgan fingerprint density at radius 2 is 2.15 bits per heavy atom. The van der Waals surface area contributed by atoms with Crippen molar-refractivity contribution in [2.75, 3.05) is 13.7 Å². The van der Waals surface area contributed by atoms with E-state index >= 15 is 0 Å². The minimum Gasteiger partial charge on any atom is -0.496 e. The third-order valence-corrected chi connectivity index (χ3v) is 4.39. The first-order valence-electron chi connectivity index (χ1n) is 7.24. The minimum atomic E-state index is -0.314. The fraction of sp³-hybridized carbons (Fsp3) is 0.625. The largest absolute Gasteiger partial charge is 0.496 e. The lowest BCUT2D eigenvalue weighted by Crippen LogP contribution is -2.34. The van der Waals surface area contributed by atoms with Crippen LogP contribution in [-0.4, -0.2) is 31.0 Å². The Morgan fingerprint density at radius 1 is 1.40 bits per heavy atom. The molecule has 112 valence electrons. The zero-order valence-electron chi connectivity index (χ0n) is 12.1. The fourth-order valence-electron chi connectivity index (χ4n) is 2.87. The molecule has 3 nitrogen and oxygen atoms in total. The van der Waals surface area contributed by atoms with Crippen LogP contribution in [0.15, 0.2) is 22.7 Å². The lowest BCUT2D eigenvalue weighted by molar-refractivity contribution is -0.0376. The van der Waals surface area contributed by atoms with Crippen LogP contribution in [0.25, 0.3) is 0 Å². The van der Waals surface area contributed by atoms with Crippen LogP contribution >= 0.6 is 15.9 Å². The number of methoxy groups -OCH3 is 1. The van der Waals surface area contributed by atoms with Crippen LogP contribution in [0.4, 0.5) is 0 Å². The van der Waals surface area contributed by atoms with Gasteiger partial charge in [0, 0.05) is 17.5 Å². The summed E-state index contributed by atoms with van der Waals surface area (Å²) in [7, 11) is 1.66. The zero-order chi connectivity index (χ0) is 14.5. The molecule has 0 radical (unpaired) electrons. The molecule has 1 atom stereocenters. The van der Waals surface area contributed by atoms with Gasteiger partial charge in [-0.05, 0) is 55.9 Å². The first kappa shape index (κ1) is 15.8. The first-order chi connectivity index (χ1) is 9.62. The van der Waals surface area contributed by atoms with Gasteiger partial charge in [0.25, 0.3) is 0 Å². The topological polar surface area (TPSA) is 38.7 Å². The van der Waals surface area contributed by atoms with E-state index in [1.54, 1.807) is 7.11 Å². The molecule has 0 spiro atoms. The Kier molecular flexibility index (Phi) is 5.87. The van der Waals surface area contributed by atoms with Gasteiger partial charge < -0.3 is 14.6 Å². The summed E-state index contributed by atoms with van der Waals surface area (Å²) in [6.45, 7) is 2.82. The second-order valence-electron chi connectivity index (χ2n) is 5.46. The van der Waals surface area contributed by atoms with Crippen molar-refractivity contribution in [3.63, 3.8) is 0 Å². The van der Waals surface area contributed by atoms with Gasteiger partial charge in [-0.2, -0.15) is 0 Å². The second kappa shape index (κ2) is 7.43. The molecule has 4 heteroatoms. The fourth-order valence-corrected chi connectivity index (χ4v) is 3.28. The van der Waals surface area contributed by atoms with Crippen LogP contribution < -0.4 is 4.74 Å². The van der Waals surface area contributed by atoms with E-state index in [-0.39, 0.29) is 6.10 Å². The summed E-state index contributed by atoms with van der Waals surface area (Å²) in [6.07, 6.45) is 3.75. The minimum absolute atomic E-state index is 0.314. The van der Waals surface area contributed by atoms with E-state index in [2.05, 4.69) is 15.9 Å². The zero-order valence-corrected chi connectivity index (χ0v) is 13.7. The lowest BCUT2D eigenvalue weighted by Gasteiger charge is -2.36. The van der Waals surface area contributed by atoms with Crippen LogP contribution in [0.3, 0.4) is 0 Å². The van der Waals surface area contributed by atoms with E-state index in [0.29, 0.717) is 18.4 Å². The highest BCUT2D eigenvalue weighted by molar-refractivity contribution is 9.10. The van der Waals surface area contributed by atoms with Crippen LogP contribution in [0.1, 0.15) is 31.7 Å². The van der Waals surface area contributed by atoms with Gasteiger partial charge in [-0.3, -0.25) is 0 Å². The van der Waals surface area contributed by atoms with Gasteiger partial charge >= 0.3 is 0 Å². The van der Waals surface area contributed by atoms with E-state index in [1.165, 1.54) is 0 Å². The molecule has 1 aromatic carbocycles. The maximum Gasteiger partial charge on any atom is 0.122 e. The molecule has 0 bridgehead atoms. The monoisotopic (exact) mass is 342 g/mol. The Labute approximate surface area is 129 Å². The summed E-state index contributed by atoms with van der Waals surface area (Å²) in [5, 5.41) is 10.3. The first-order valence-corrected chi connectivity index (χ1v) is 8.03. The van der Waals surface area contributed by atoms with Crippen molar-refractivity contribution < 1.29 is 14.6 Å². The van der Waals surface area contributed by atoms with Crippen LogP contribution in [0, 0.1) is 5.92 Å². The molecular formula is C16H23BrO3. The van der Waals surface area contributed by atoms with E-state index in [0.717, 1.165) is 41.7 Å². The van der Waals surface area contributed by atoms with Gasteiger partial charge in [0.15, 0.2) is 0 Å². The predicted octanol–water partition coefficient (Wildman–Crippen LogP) is 3.57. The van der Waals surface area contributed by atoms with E-state index < -0.39 is 0 Å². The highest BCUT2D eigenvalue weighted by Gasteiger charge is 2.31. The molecule has 1 fully saturated rings. The van der Waals surface area contributed by atoms with E-state index in [9.17, 15) is 5.11 Å². The normalized spacial score (nSPS) is 23.2. The number of hydrogen-bond donors (Lipinski definition) is 1. The molecule has 1 aliphatic rings. The lowest BCUT2D eigenvalue weighted by atomic mass is 9.78. The molecule has 0 saturated heterocycles. The average Bonchev–Trinajstić information content (AvgIpc) is 2.36. The summed E-state index contributed by atoms with van der Waals surface area (Å²) in [5.74, 6) is 1.44. The Balaban J connectivity index is 1.83. The number of aliphatic hydroxyl groups is 1. The maximum absolute atomic E-state index is 10.3. The van der Waals surface area contributed by atoms with Crippen molar-refractivity contribution in [2.24, 2.45) is 5.92 Å². The predicted molar refractivity (Wildman–Crippen MR) is 83.2 cm³/mol. The highest BCUT2D eigenvalue weighted by atomic mass is 79.9. The molecule has 1 aromatic rings. The van der Waals surface area contributed by atoms with Gasteiger partial charge in [-0.1, -0.05) is 15.9 Å². The SMILES string of the molecule is CCOC1CC(CC(O)Cc2cc(Br)ccc2OC)C1. The average molecular weight is 343 g/mol. The van der Waals surface area contributed by atoms with E-state index in [4.69, 9.17) is 9.47 Å². The summed E-state index contributed by atoms with van der Waals surface area (Å²) in [6, 6.07) is 5.90. The summed E-state index contributed by atoms with van der Waals surface area (Å²) >= 11 is 3.46. The third kappa shape index (κ3) is 4.21. The van der Waals surface area contributed by atoms with Crippen LogP contribution in [0.2, 0.25) is 0 Å². The quantitative estimate of drug-likeness (QED) is 0.823. The second-order valence-corrected chi connectivity index (χ2v) is 6.38. The Bertz CT molecular complexity index is 430. The van der Waals surface area contributed by atoms with Crippen LogP contribution in [0.5, 0.6) is 5.75 Å². The van der Waals surface area contributed by atoms with Crippen molar-refractivity contribution in [1.82, 2.24) is 0 Å². The molecule has 1 unspecified atom stereocenters. The van der Waals surface area contributed by atoms with Gasteiger partial charge in [0.1, 0.15) is 5.75 Å². The molecule has 20 heavy (non-hydrogen) atoms. The van der Waals surface area contributed by atoms with Gasteiger partial charge in [0.05, 0.1) is 19.3 Å². The number of aliphatic hydroxyl groups excluding tert-OH is 1. The Hall–Kier alpha value is -0.580. The van der Waals surface area contributed by atoms with Crippen molar-refractivity contribution in [3.8, 4) is 5.75 Å². The molecule has 0 aliphatic heterocycles. The maximum atomic E-state index is 10.3. The molecule has 1 saturated carbocycles. The number of halogens is 1. The molecule has 0 heterocycles. The van der Waals surface area contributed by atoms with E-state index in [1.807, 2.05) is 25.1 Å². The smallest absolute Gasteiger partial charge is 0.122 e. The van der Waals surface area contributed by atoms with Gasteiger partial charge in [-0.15, -0.1) is 0 Å². The van der Waals surface area contributed by atoms with Crippen molar-refractivity contribution in [3.05, 3.63) is 28.2 Å². The standard InChI is InChI=1S/C16H23BrO3/c1-3-20-15-7-11(8-15)6-14(18)10-12-9-13(17)4-5-16(12)19-2/h4-5,9,11,14-15,18H,3,6-8,10H2,1-2H3.